The second-order valence-electron chi connectivity index (χ2n) is 3.77. The van der Waals surface area contributed by atoms with Gasteiger partial charge in [0.25, 0.3) is 0 Å². The van der Waals surface area contributed by atoms with Crippen LogP contribution in [-0.4, -0.2) is 42.4 Å². The van der Waals surface area contributed by atoms with Crippen LogP contribution in [0.4, 0.5) is 5.82 Å². The lowest BCUT2D eigenvalue weighted by Gasteiger charge is -2.18. The molecule has 0 spiro atoms. The highest BCUT2D eigenvalue weighted by Gasteiger charge is 2.26. The van der Waals surface area contributed by atoms with E-state index >= 15 is 0 Å². The molecule has 5 heteroatoms. The summed E-state index contributed by atoms with van der Waals surface area (Å²) in [4.78, 5) is 17.1. The van der Waals surface area contributed by atoms with Crippen molar-refractivity contribution in [3.8, 4) is 0 Å². The van der Waals surface area contributed by atoms with Gasteiger partial charge in [-0.2, -0.15) is 0 Å². The van der Waals surface area contributed by atoms with Gasteiger partial charge in [0, 0.05) is 26.4 Å². The molecule has 0 bridgehead atoms. The van der Waals surface area contributed by atoms with Crippen molar-refractivity contribution in [3.63, 3.8) is 0 Å². The van der Waals surface area contributed by atoms with Crippen LogP contribution < -0.4 is 4.90 Å². The quantitative estimate of drug-likeness (QED) is 0.826. The van der Waals surface area contributed by atoms with Gasteiger partial charge in [0.2, 0.25) is 0 Å². The lowest BCUT2D eigenvalue weighted by molar-refractivity contribution is 0.0697. The predicted octanol–water partition coefficient (Wildman–Crippen LogP) is 1.00. The summed E-state index contributed by atoms with van der Waals surface area (Å²) in [6.45, 7) is 1.49. The number of ether oxygens (including phenoxy) is 1. The largest absolute Gasteiger partial charge is 0.478 e. The number of hydrogen-bond acceptors (Lipinski definition) is 4. The lowest BCUT2D eigenvalue weighted by atomic mass is 10.2. The molecule has 1 aliphatic heterocycles. The number of pyridine rings is 1. The summed E-state index contributed by atoms with van der Waals surface area (Å²) in [6.07, 6.45) is 2.69. The molecule has 0 radical (unpaired) electrons. The number of rotatable bonds is 3. The Labute approximate surface area is 93.7 Å². The minimum absolute atomic E-state index is 0.170. The maximum Gasteiger partial charge on any atom is 0.339 e. The van der Waals surface area contributed by atoms with E-state index in [-0.39, 0.29) is 11.7 Å². The van der Waals surface area contributed by atoms with Gasteiger partial charge in [-0.3, -0.25) is 0 Å². The third-order valence-electron chi connectivity index (χ3n) is 2.79. The van der Waals surface area contributed by atoms with Crippen LogP contribution in [0.5, 0.6) is 0 Å². The van der Waals surface area contributed by atoms with Gasteiger partial charge >= 0.3 is 5.97 Å². The van der Waals surface area contributed by atoms with Crippen molar-refractivity contribution >= 4 is 11.8 Å². The van der Waals surface area contributed by atoms with Crippen LogP contribution in [0.1, 0.15) is 16.8 Å². The Morgan fingerprint density at radius 2 is 2.50 bits per heavy atom. The van der Waals surface area contributed by atoms with Crippen molar-refractivity contribution < 1.29 is 14.6 Å². The molecule has 1 fully saturated rings. The molecule has 1 N–H and O–H groups in total. The molecule has 1 aromatic heterocycles. The number of carbonyl (C=O) groups is 1. The monoisotopic (exact) mass is 222 g/mol. The molecule has 5 nitrogen and oxygen atoms in total. The first-order valence-corrected chi connectivity index (χ1v) is 5.18. The molecule has 2 rings (SSSR count). The fourth-order valence-electron chi connectivity index (χ4n) is 1.93. The highest BCUT2D eigenvalue weighted by molar-refractivity contribution is 5.93. The van der Waals surface area contributed by atoms with Crippen molar-refractivity contribution in [2.45, 2.75) is 12.5 Å². The van der Waals surface area contributed by atoms with E-state index in [4.69, 9.17) is 9.84 Å². The average molecular weight is 222 g/mol. The number of carboxylic acid groups (broad SMARTS) is 1. The molecule has 0 saturated carbocycles. The predicted molar refractivity (Wildman–Crippen MR) is 58.8 cm³/mol. The van der Waals surface area contributed by atoms with Crippen molar-refractivity contribution in [3.05, 3.63) is 23.9 Å². The van der Waals surface area contributed by atoms with Gasteiger partial charge in [-0.1, -0.05) is 0 Å². The van der Waals surface area contributed by atoms with Crippen LogP contribution in [0.3, 0.4) is 0 Å². The van der Waals surface area contributed by atoms with E-state index in [1.807, 2.05) is 4.90 Å². The van der Waals surface area contributed by atoms with Crippen molar-refractivity contribution in [2.24, 2.45) is 0 Å². The number of aromatic nitrogens is 1. The zero-order valence-electron chi connectivity index (χ0n) is 9.09. The standard InChI is InChI=1S/C11H14N2O3/c1-16-8-4-6-13(7-8)10-9(11(14)15)3-2-5-12-10/h2-3,5,8H,4,6-7H2,1H3,(H,14,15). The number of anilines is 1. The van der Waals surface area contributed by atoms with E-state index in [0.717, 1.165) is 13.0 Å². The first kappa shape index (κ1) is 10.9. The SMILES string of the molecule is COC1CCN(c2ncccc2C(=O)O)C1. The average Bonchev–Trinajstić information content (AvgIpc) is 2.77. The number of nitrogens with zero attached hydrogens (tertiary/aromatic N) is 2. The molecule has 1 saturated heterocycles. The van der Waals surface area contributed by atoms with Gasteiger partial charge in [-0.25, -0.2) is 9.78 Å². The van der Waals surface area contributed by atoms with Crippen molar-refractivity contribution in [1.29, 1.82) is 0 Å². The smallest absolute Gasteiger partial charge is 0.339 e. The van der Waals surface area contributed by atoms with Gasteiger partial charge in [0.15, 0.2) is 0 Å². The number of hydrogen-bond donors (Lipinski definition) is 1. The Morgan fingerprint density at radius 3 is 3.12 bits per heavy atom. The summed E-state index contributed by atoms with van der Waals surface area (Å²) in [5.74, 6) is -0.404. The first-order chi connectivity index (χ1) is 7.72. The van der Waals surface area contributed by atoms with Crippen LogP contribution in [0.15, 0.2) is 18.3 Å². The number of aromatic carboxylic acids is 1. The molecule has 0 aliphatic carbocycles. The van der Waals surface area contributed by atoms with Crippen molar-refractivity contribution in [2.75, 3.05) is 25.1 Å². The Morgan fingerprint density at radius 1 is 1.69 bits per heavy atom. The minimum Gasteiger partial charge on any atom is -0.478 e. The second kappa shape index (κ2) is 4.49. The molecule has 1 unspecified atom stereocenters. The fourth-order valence-corrected chi connectivity index (χ4v) is 1.93. The molecule has 1 atom stereocenters. The van der Waals surface area contributed by atoms with E-state index < -0.39 is 5.97 Å². The lowest BCUT2D eigenvalue weighted by Crippen LogP contribution is -2.25. The summed E-state index contributed by atoms with van der Waals surface area (Å²) in [6, 6.07) is 3.21. The molecule has 16 heavy (non-hydrogen) atoms. The van der Waals surface area contributed by atoms with Gasteiger partial charge in [0.05, 0.1) is 6.10 Å². The van der Waals surface area contributed by atoms with E-state index in [9.17, 15) is 4.79 Å². The second-order valence-corrected chi connectivity index (χ2v) is 3.77. The zero-order valence-corrected chi connectivity index (χ0v) is 9.09. The molecule has 0 aromatic carbocycles. The first-order valence-electron chi connectivity index (χ1n) is 5.18. The normalized spacial score (nSPS) is 20.1. The maximum atomic E-state index is 11.0. The van der Waals surface area contributed by atoms with Gasteiger partial charge < -0.3 is 14.7 Å². The van der Waals surface area contributed by atoms with E-state index in [1.54, 1.807) is 25.4 Å². The zero-order chi connectivity index (χ0) is 11.5. The third-order valence-corrected chi connectivity index (χ3v) is 2.79. The third kappa shape index (κ3) is 1.99. The Kier molecular flexibility index (Phi) is 3.05. The topological polar surface area (TPSA) is 62.7 Å². The van der Waals surface area contributed by atoms with Gasteiger partial charge in [-0.05, 0) is 18.6 Å². The molecular weight excluding hydrogens is 208 g/mol. The van der Waals surface area contributed by atoms with Gasteiger partial charge in [0.1, 0.15) is 11.4 Å². The summed E-state index contributed by atoms with van der Waals surface area (Å²) in [5.41, 5.74) is 0.249. The molecule has 1 aromatic rings. The van der Waals surface area contributed by atoms with E-state index in [2.05, 4.69) is 4.98 Å². The fraction of sp³-hybridized carbons (Fsp3) is 0.455. The summed E-state index contributed by atoms with van der Waals surface area (Å²) in [7, 11) is 1.67. The van der Waals surface area contributed by atoms with Crippen LogP contribution in [0.25, 0.3) is 0 Å². The molecule has 2 heterocycles. The molecular formula is C11H14N2O3. The van der Waals surface area contributed by atoms with Crippen LogP contribution >= 0.6 is 0 Å². The van der Waals surface area contributed by atoms with Crippen LogP contribution in [-0.2, 0) is 4.74 Å². The summed E-state index contributed by atoms with van der Waals surface area (Å²) >= 11 is 0. The highest BCUT2D eigenvalue weighted by atomic mass is 16.5. The molecule has 0 amide bonds. The maximum absolute atomic E-state index is 11.0. The summed E-state index contributed by atoms with van der Waals surface area (Å²) in [5, 5.41) is 9.05. The van der Waals surface area contributed by atoms with E-state index in [0.29, 0.717) is 12.4 Å². The van der Waals surface area contributed by atoms with Crippen LogP contribution in [0.2, 0.25) is 0 Å². The Balaban J connectivity index is 2.24. The number of methoxy groups -OCH3 is 1. The van der Waals surface area contributed by atoms with Gasteiger partial charge in [-0.15, -0.1) is 0 Å². The highest BCUT2D eigenvalue weighted by Crippen LogP contribution is 2.22. The summed E-state index contributed by atoms with van der Waals surface area (Å²) < 4.78 is 5.25. The molecule has 86 valence electrons. The minimum atomic E-state index is -0.941. The Bertz CT molecular complexity index is 395. The van der Waals surface area contributed by atoms with E-state index in [1.165, 1.54) is 0 Å². The Hall–Kier alpha value is -1.62. The number of carboxylic acids is 1. The van der Waals surface area contributed by atoms with Crippen LogP contribution in [0, 0.1) is 0 Å². The molecule has 1 aliphatic rings. The van der Waals surface area contributed by atoms with Crippen molar-refractivity contribution in [1.82, 2.24) is 4.98 Å².